The van der Waals surface area contributed by atoms with Crippen LogP contribution in [0.15, 0.2) is 0 Å². The van der Waals surface area contributed by atoms with Crippen LogP contribution in [0.4, 0.5) is 9.59 Å². The molecule has 0 saturated heterocycles. The molecule has 0 aliphatic carbocycles. The molecule has 0 fully saturated rings. The first-order valence-corrected chi connectivity index (χ1v) is 3.85. The molecule has 0 aromatic rings. The van der Waals surface area contributed by atoms with Gasteiger partial charge in [-0.25, -0.2) is 9.59 Å². The molecular formula is C7H16N4O2. The number of nitrogens with two attached hydrogens (primary N) is 2. The van der Waals surface area contributed by atoms with Crippen LogP contribution in [0.1, 0.15) is 20.8 Å². The van der Waals surface area contributed by atoms with Gasteiger partial charge in [0, 0.05) is 5.41 Å². The molecule has 0 aliphatic rings. The van der Waals surface area contributed by atoms with E-state index in [1.165, 1.54) is 0 Å². The average Bonchev–Trinajstić information content (AvgIpc) is 1.81. The first-order valence-electron chi connectivity index (χ1n) is 3.85. The topological polar surface area (TPSA) is 110 Å². The number of rotatable bonds is 2. The third kappa shape index (κ3) is 4.89. The maximum atomic E-state index is 10.6. The molecule has 4 amide bonds. The molecule has 0 atom stereocenters. The lowest BCUT2D eigenvalue weighted by atomic mass is 9.92. The SMILES string of the molecule is CC(C)(C)C(NC(N)=O)NC(N)=O. The van der Waals surface area contributed by atoms with Crippen molar-refractivity contribution >= 4 is 12.1 Å². The number of hydrogen-bond donors (Lipinski definition) is 4. The minimum absolute atomic E-state index is 0.343. The molecule has 0 aromatic carbocycles. The summed E-state index contributed by atoms with van der Waals surface area (Å²) in [5.41, 5.74) is 9.50. The zero-order chi connectivity index (χ0) is 10.6. The Labute approximate surface area is 77.0 Å². The minimum atomic E-state index is -0.700. The summed E-state index contributed by atoms with van der Waals surface area (Å²) in [4.78, 5) is 21.1. The number of hydrogen-bond acceptors (Lipinski definition) is 2. The molecule has 76 valence electrons. The first kappa shape index (κ1) is 11.5. The van der Waals surface area contributed by atoms with Crippen molar-refractivity contribution in [1.29, 1.82) is 0 Å². The molecule has 0 spiro atoms. The predicted octanol–water partition coefficient (Wildman–Crippen LogP) is -0.305. The van der Waals surface area contributed by atoms with Crippen LogP contribution in [0.25, 0.3) is 0 Å². The molecule has 0 heterocycles. The van der Waals surface area contributed by atoms with E-state index in [1.54, 1.807) is 0 Å². The van der Waals surface area contributed by atoms with E-state index in [-0.39, 0.29) is 5.41 Å². The number of amides is 4. The lowest BCUT2D eigenvalue weighted by Crippen LogP contribution is -2.57. The van der Waals surface area contributed by atoms with Crippen molar-refractivity contribution in [1.82, 2.24) is 10.6 Å². The molecule has 0 aliphatic heterocycles. The van der Waals surface area contributed by atoms with Crippen molar-refractivity contribution in [2.45, 2.75) is 26.9 Å². The second kappa shape index (κ2) is 3.97. The zero-order valence-electron chi connectivity index (χ0n) is 8.05. The van der Waals surface area contributed by atoms with E-state index in [4.69, 9.17) is 11.5 Å². The largest absolute Gasteiger partial charge is 0.352 e. The Hall–Kier alpha value is -1.46. The minimum Gasteiger partial charge on any atom is -0.352 e. The number of carbonyl (C=O) groups is 2. The normalized spacial score (nSPS) is 11.1. The van der Waals surface area contributed by atoms with Gasteiger partial charge >= 0.3 is 12.1 Å². The fourth-order valence-electron chi connectivity index (χ4n) is 0.754. The highest BCUT2D eigenvalue weighted by Gasteiger charge is 2.26. The first-order chi connectivity index (χ1) is 5.73. The van der Waals surface area contributed by atoms with Gasteiger partial charge in [0.05, 0.1) is 0 Å². The van der Waals surface area contributed by atoms with Gasteiger partial charge in [-0.05, 0) is 0 Å². The van der Waals surface area contributed by atoms with Gasteiger partial charge < -0.3 is 22.1 Å². The second-order valence-electron chi connectivity index (χ2n) is 3.82. The van der Waals surface area contributed by atoms with E-state index in [2.05, 4.69) is 10.6 Å². The number of nitrogens with one attached hydrogen (secondary N) is 2. The molecular weight excluding hydrogens is 172 g/mol. The van der Waals surface area contributed by atoms with Crippen molar-refractivity contribution < 1.29 is 9.59 Å². The predicted molar refractivity (Wildman–Crippen MR) is 48.7 cm³/mol. The molecule has 0 rings (SSSR count). The fourth-order valence-corrected chi connectivity index (χ4v) is 0.754. The van der Waals surface area contributed by atoms with Crippen molar-refractivity contribution in [3.05, 3.63) is 0 Å². The third-order valence-corrected chi connectivity index (χ3v) is 1.44. The van der Waals surface area contributed by atoms with E-state index < -0.39 is 18.2 Å². The molecule has 6 N–H and O–H groups in total. The Morgan fingerprint density at radius 2 is 1.38 bits per heavy atom. The lowest BCUT2D eigenvalue weighted by Gasteiger charge is -2.30. The van der Waals surface area contributed by atoms with E-state index in [9.17, 15) is 9.59 Å². The van der Waals surface area contributed by atoms with Gasteiger partial charge in [0.15, 0.2) is 0 Å². The molecule has 6 nitrogen and oxygen atoms in total. The summed E-state index contributed by atoms with van der Waals surface area (Å²) in [6.45, 7) is 5.51. The maximum Gasteiger partial charge on any atom is 0.313 e. The molecule has 0 saturated carbocycles. The third-order valence-electron chi connectivity index (χ3n) is 1.44. The van der Waals surface area contributed by atoms with Gasteiger partial charge in [-0.1, -0.05) is 20.8 Å². The molecule has 13 heavy (non-hydrogen) atoms. The summed E-state index contributed by atoms with van der Waals surface area (Å²) in [6.07, 6.45) is -0.567. The highest BCUT2D eigenvalue weighted by atomic mass is 16.2. The van der Waals surface area contributed by atoms with E-state index in [0.29, 0.717) is 0 Å². The standard InChI is InChI=1S/C7H16N4O2/c1-7(2,3)4(10-5(8)12)11-6(9)13/h4H,1-3H3,(H3,8,10,12)(H3,9,11,13). The van der Waals surface area contributed by atoms with Crippen LogP contribution in [-0.4, -0.2) is 18.2 Å². The number of carbonyl (C=O) groups excluding carboxylic acids is 2. The van der Waals surface area contributed by atoms with Crippen LogP contribution in [-0.2, 0) is 0 Å². The van der Waals surface area contributed by atoms with E-state index >= 15 is 0 Å². The Morgan fingerprint density at radius 3 is 1.54 bits per heavy atom. The summed E-state index contributed by atoms with van der Waals surface area (Å²) in [7, 11) is 0. The molecule has 0 unspecified atom stereocenters. The Balaban J connectivity index is 4.37. The molecule has 0 radical (unpaired) electrons. The summed E-state index contributed by atoms with van der Waals surface area (Å²) >= 11 is 0. The summed E-state index contributed by atoms with van der Waals surface area (Å²) < 4.78 is 0. The van der Waals surface area contributed by atoms with Gasteiger partial charge in [-0.3, -0.25) is 0 Å². The highest BCUT2D eigenvalue weighted by Crippen LogP contribution is 2.16. The Kier molecular flexibility index (Phi) is 3.53. The second-order valence-corrected chi connectivity index (χ2v) is 3.82. The molecule has 0 bridgehead atoms. The fraction of sp³-hybridized carbons (Fsp3) is 0.714. The Bertz CT molecular complexity index is 193. The van der Waals surface area contributed by atoms with Crippen LogP contribution in [0.3, 0.4) is 0 Å². The van der Waals surface area contributed by atoms with Crippen LogP contribution < -0.4 is 22.1 Å². The maximum absolute atomic E-state index is 10.6. The smallest absolute Gasteiger partial charge is 0.313 e. The van der Waals surface area contributed by atoms with Gasteiger partial charge in [0.2, 0.25) is 0 Å². The van der Waals surface area contributed by atoms with Gasteiger partial charge in [0.1, 0.15) is 6.17 Å². The number of urea groups is 2. The van der Waals surface area contributed by atoms with Crippen molar-refractivity contribution in [2.75, 3.05) is 0 Å². The average molecular weight is 188 g/mol. The van der Waals surface area contributed by atoms with Crippen LogP contribution >= 0.6 is 0 Å². The van der Waals surface area contributed by atoms with E-state index in [1.807, 2.05) is 20.8 Å². The molecule has 6 heteroatoms. The highest BCUT2D eigenvalue weighted by molar-refractivity contribution is 5.75. The van der Waals surface area contributed by atoms with Crippen molar-refractivity contribution in [2.24, 2.45) is 16.9 Å². The van der Waals surface area contributed by atoms with Crippen molar-refractivity contribution in [3.8, 4) is 0 Å². The van der Waals surface area contributed by atoms with Gasteiger partial charge in [0.25, 0.3) is 0 Å². The summed E-state index contributed by atoms with van der Waals surface area (Å²) in [6, 6.07) is -1.40. The van der Waals surface area contributed by atoms with Crippen LogP contribution in [0, 0.1) is 5.41 Å². The summed E-state index contributed by atoms with van der Waals surface area (Å²) in [5, 5.41) is 4.76. The molecule has 0 aromatic heterocycles. The van der Waals surface area contributed by atoms with Crippen LogP contribution in [0.5, 0.6) is 0 Å². The monoisotopic (exact) mass is 188 g/mol. The van der Waals surface area contributed by atoms with Crippen LogP contribution in [0.2, 0.25) is 0 Å². The number of primary amides is 2. The van der Waals surface area contributed by atoms with Crippen molar-refractivity contribution in [3.63, 3.8) is 0 Å². The Morgan fingerprint density at radius 1 is 1.08 bits per heavy atom. The van der Waals surface area contributed by atoms with E-state index in [0.717, 1.165) is 0 Å². The summed E-state index contributed by atoms with van der Waals surface area (Å²) in [5.74, 6) is 0. The zero-order valence-corrected chi connectivity index (χ0v) is 8.05. The lowest BCUT2D eigenvalue weighted by molar-refractivity contribution is 0.202. The quantitative estimate of drug-likeness (QED) is 0.446. The van der Waals surface area contributed by atoms with Gasteiger partial charge in [-0.15, -0.1) is 0 Å². The van der Waals surface area contributed by atoms with Gasteiger partial charge in [-0.2, -0.15) is 0 Å².